The standard InChI is InChI=1S/C19H18N2O4/c1-25-18-8-5-15-10-11-20(13-16(15)12-18)19(22)9-4-14-2-6-17(7-3-14)21(23)24/h2-9,12H,10-11,13H2,1H3/b9-4+. The van der Waals surface area contributed by atoms with Crippen LogP contribution in [0.3, 0.4) is 0 Å². The molecular formula is C19H18N2O4. The molecule has 0 spiro atoms. The molecule has 0 fully saturated rings. The molecule has 0 N–H and O–H groups in total. The predicted molar refractivity (Wildman–Crippen MR) is 94.2 cm³/mol. The van der Waals surface area contributed by atoms with Crippen LogP contribution in [0.25, 0.3) is 6.08 Å². The molecule has 3 rings (SSSR count). The van der Waals surface area contributed by atoms with Crippen LogP contribution in [0, 0.1) is 10.1 Å². The summed E-state index contributed by atoms with van der Waals surface area (Å²) in [5.74, 6) is 0.710. The Morgan fingerprint density at radius 1 is 1.20 bits per heavy atom. The van der Waals surface area contributed by atoms with Crippen LogP contribution in [0.4, 0.5) is 5.69 Å². The minimum atomic E-state index is -0.446. The van der Waals surface area contributed by atoms with Crippen molar-refractivity contribution in [3.63, 3.8) is 0 Å². The maximum atomic E-state index is 12.4. The van der Waals surface area contributed by atoms with E-state index in [1.54, 1.807) is 30.2 Å². The van der Waals surface area contributed by atoms with Gasteiger partial charge in [-0.1, -0.05) is 6.07 Å². The number of nitro benzene ring substituents is 1. The summed E-state index contributed by atoms with van der Waals surface area (Å²) in [6.45, 7) is 1.22. The minimum absolute atomic E-state index is 0.0325. The fourth-order valence-electron chi connectivity index (χ4n) is 2.83. The average molecular weight is 338 g/mol. The summed E-state index contributed by atoms with van der Waals surface area (Å²) in [6, 6.07) is 12.0. The van der Waals surface area contributed by atoms with E-state index in [0.717, 1.165) is 23.3 Å². The topological polar surface area (TPSA) is 72.7 Å². The molecule has 128 valence electrons. The van der Waals surface area contributed by atoms with E-state index in [9.17, 15) is 14.9 Å². The van der Waals surface area contributed by atoms with Gasteiger partial charge in [-0.25, -0.2) is 0 Å². The number of carbonyl (C=O) groups excluding carboxylic acids is 1. The van der Waals surface area contributed by atoms with Crippen LogP contribution in [0.15, 0.2) is 48.5 Å². The van der Waals surface area contributed by atoms with Crippen molar-refractivity contribution in [2.24, 2.45) is 0 Å². The van der Waals surface area contributed by atoms with Crippen LogP contribution < -0.4 is 4.74 Å². The molecule has 6 nitrogen and oxygen atoms in total. The van der Waals surface area contributed by atoms with Crippen molar-refractivity contribution >= 4 is 17.7 Å². The lowest BCUT2D eigenvalue weighted by Crippen LogP contribution is -2.34. The van der Waals surface area contributed by atoms with Crippen molar-refractivity contribution in [1.82, 2.24) is 4.90 Å². The van der Waals surface area contributed by atoms with Gasteiger partial charge < -0.3 is 9.64 Å². The van der Waals surface area contributed by atoms with Crippen molar-refractivity contribution < 1.29 is 14.5 Å². The molecule has 0 bridgehead atoms. The number of hydrogen-bond acceptors (Lipinski definition) is 4. The van der Waals surface area contributed by atoms with Gasteiger partial charge >= 0.3 is 0 Å². The number of ether oxygens (including phenoxy) is 1. The first kappa shape index (κ1) is 16.7. The summed E-state index contributed by atoms with van der Waals surface area (Å²) >= 11 is 0. The van der Waals surface area contributed by atoms with Crippen molar-refractivity contribution in [3.8, 4) is 5.75 Å². The van der Waals surface area contributed by atoms with Gasteiger partial charge in [0.15, 0.2) is 0 Å². The number of carbonyl (C=O) groups is 1. The molecule has 2 aromatic carbocycles. The van der Waals surface area contributed by atoms with Crippen molar-refractivity contribution in [3.05, 3.63) is 75.3 Å². The van der Waals surface area contributed by atoms with Gasteiger partial charge in [-0.05, 0) is 53.5 Å². The van der Waals surface area contributed by atoms with Gasteiger partial charge in [-0.2, -0.15) is 0 Å². The molecule has 0 atom stereocenters. The zero-order valence-electron chi connectivity index (χ0n) is 13.8. The van der Waals surface area contributed by atoms with E-state index in [1.807, 2.05) is 18.2 Å². The van der Waals surface area contributed by atoms with Crippen molar-refractivity contribution in [1.29, 1.82) is 0 Å². The van der Waals surface area contributed by atoms with Gasteiger partial charge in [0.1, 0.15) is 5.75 Å². The highest BCUT2D eigenvalue weighted by Crippen LogP contribution is 2.24. The van der Waals surface area contributed by atoms with Gasteiger partial charge in [0.05, 0.1) is 12.0 Å². The Morgan fingerprint density at radius 3 is 2.64 bits per heavy atom. The normalized spacial score (nSPS) is 13.6. The maximum absolute atomic E-state index is 12.4. The zero-order valence-corrected chi connectivity index (χ0v) is 13.8. The molecule has 6 heteroatoms. The largest absolute Gasteiger partial charge is 0.497 e. The Kier molecular flexibility index (Phi) is 4.79. The fraction of sp³-hybridized carbons (Fsp3) is 0.211. The molecule has 1 aliphatic rings. The molecule has 0 unspecified atom stereocenters. The van der Waals surface area contributed by atoms with E-state index in [1.165, 1.54) is 23.8 Å². The second-order valence-corrected chi connectivity index (χ2v) is 5.83. The number of methoxy groups -OCH3 is 1. The Hall–Kier alpha value is -3.15. The molecule has 0 aromatic heterocycles. The number of fused-ring (bicyclic) bond motifs is 1. The van der Waals surface area contributed by atoms with E-state index in [2.05, 4.69) is 0 Å². The molecule has 0 aliphatic carbocycles. The first-order valence-electron chi connectivity index (χ1n) is 7.94. The van der Waals surface area contributed by atoms with E-state index in [-0.39, 0.29) is 11.6 Å². The van der Waals surface area contributed by atoms with E-state index >= 15 is 0 Å². The SMILES string of the molecule is COc1ccc2c(c1)CN(C(=O)/C=C/c1ccc([N+](=O)[O-])cc1)CC2. The van der Waals surface area contributed by atoms with Crippen LogP contribution in [-0.4, -0.2) is 29.4 Å². The van der Waals surface area contributed by atoms with Gasteiger partial charge in [-0.3, -0.25) is 14.9 Å². The first-order valence-corrected chi connectivity index (χ1v) is 7.94. The molecular weight excluding hydrogens is 320 g/mol. The summed E-state index contributed by atoms with van der Waals surface area (Å²) in [7, 11) is 1.63. The Morgan fingerprint density at radius 2 is 1.96 bits per heavy atom. The lowest BCUT2D eigenvalue weighted by molar-refractivity contribution is -0.384. The van der Waals surface area contributed by atoms with Crippen LogP contribution in [0.2, 0.25) is 0 Å². The third-order valence-corrected chi connectivity index (χ3v) is 4.26. The Bertz CT molecular complexity index is 828. The summed E-state index contributed by atoms with van der Waals surface area (Å²) in [6.07, 6.45) is 4.00. The maximum Gasteiger partial charge on any atom is 0.269 e. The van der Waals surface area contributed by atoms with Gasteiger partial charge in [0.25, 0.3) is 5.69 Å². The lowest BCUT2D eigenvalue weighted by atomic mass is 9.99. The molecule has 0 saturated carbocycles. The smallest absolute Gasteiger partial charge is 0.269 e. The highest BCUT2D eigenvalue weighted by molar-refractivity contribution is 5.92. The monoisotopic (exact) mass is 338 g/mol. The zero-order chi connectivity index (χ0) is 17.8. The minimum Gasteiger partial charge on any atom is -0.497 e. The average Bonchev–Trinajstić information content (AvgIpc) is 2.65. The number of amides is 1. The van der Waals surface area contributed by atoms with Gasteiger partial charge in [-0.15, -0.1) is 0 Å². The number of nitro groups is 1. The highest BCUT2D eigenvalue weighted by Gasteiger charge is 2.19. The van der Waals surface area contributed by atoms with Crippen molar-refractivity contribution in [2.75, 3.05) is 13.7 Å². The molecule has 1 heterocycles. The number of hydrogen-bond donors (Lipinski definition) is 0. The van der Waals surface area contributed by atoms with Gasteiger partial charge in [0, 0.05) is 31.3 Å². The Balaban J connectivity index is 1.68. The van der Waals surface area contributed by atoms with Crippen LogP contribution >= 0.6 is 0 Å². The highest BCUT2D eigenvalue weighted by atomic mass is 16.6. The van der Waals surface area contributed by atoms with E-state index in [0.29, 0.717) is 13.1 Å². The quantitative estimate of drug-likeness (QED) is 0.487. The first-order chi connectivity index (χ1) is 12.1. The second-order valence-electron chi connectivity index (χ2n) is 5.83. The summed E-state index contributed by atoms with van der Waals surface area (Å²) in [4.78, 5) is 24.4. The third-order valence-electron chi connectivity index (χ3n) is 4.26. The van der Waals surface area contributed by atoms with Crippen LogP contribution in [0.1, 0.15) is 16.7 Å². The van der Waals surface area contributed by atoms with Gasteiger partial charge in [0.2, 0.25) is 5.91 Å². The molecule has 1 amide bonds. The van der Waals surface area contributed by atoms with E-state index in [4.69, 9.17) is 4.74 Å². The summed E-state index contributed by atoms with van der Waals surface area (Å²) < 4.78 is 5.24. The fourth-order valence-corrected chi connectivity index (χ4v) is 2.83. The van der Waals surface area contributed by atoms with Crippen LogP contribution in [0.5, 0.6) is 5.75 Å². The number of rotatable bonds is 4. The van der Waals surface area contributed by atoms with E-state index < -0.39 is 4.92 Å². The third kappa shape index (κ3) is 3.85. The second kappa shape index (κ2) is 7.17. The lowest BCUT2D eigenvalue weighted by Gasteiger charge is -2.28. The summed E-state index contributed by atoms with van der Waals surface area (Å²) in [5.41, 5.74) is 3.12. The summed E-state index contributed by atoms with van der Waals surface area (Å²) in [5, 5.41) is 10.6. The molecule has 1 aliphatic heterocycles. The van der Waals surface area contributed by atoms with Crippen LogP contribution in [-0.2, 0) is 17.8 Å². The molecule has 0 radical (unpaired) electrons. The molecule has 0 saturated heterocycles. The molecule has 25 heavy (non-hydrogen) atoms. The van der Waals surface area contributed by atoms with Crippen molar-refractivity contribution in [2.45, 2.75) is 13.0 Å². The number of benzene rings is 2. The predicted octanol–water partition coefficient (Wildman–Crippen LogP) is 3.20. The number of nitrogens with zero attached hydrogens (tertiary/aromatic N) is 2. The Labute approximate surface area is 145 Å². The number of non-ortho nitro benzene ring substituents is 1. The molecule has 2 aromatic rings.